The molecule has 30 heavy (non-hydrogen) atoms. The van der Waals surface area contributed by atoms with Gasteiger partial charge in [0.05, 0.1) is 10.6 Å². The maximum absolute atomic E-state index is 13.1. The van der Waals surface area contributed by atoms with E-state index in [4.69, 9.17) is 23.2 Å². The van der Waals surface area contributed by atoms with Gasteiger partial charge in [-0.2, -0.15) is 5.26 Å². The van der Waals surface area contributed by atoms with E-state index in [2.05, 4.69) is 4.98 Å². The zero-order chi connectivity index (χ0) is 21.3. The zero-order valence-corrected chi connectivity index (χ0v) is 17.8. The maximum atomic E-state index is 13.1. The molecule has 7 heteroatoms. The Bertz CT molecular complexity index is 1410. The van der Waals surface area contributed by atoms with Gasteiger partial charge in [-0.15, -0.1) is 0 Å². The molecule has 0 saturated carbocycles. The molecule has 1 aromatic heterocycles. The lowest BCUT2D eigenvalue weighted by atomic mass is 10.0. The molecule has 0 radical (unpaired) electrons. The maximum Gasteiger partial charge on any atom is 0.216 e. The number of benzene rings is 3. The molecule has 0 aliphatic carbocycles. The highest BCUT2D eigenvalue weighted by molar-refractivity contribution is 7.95. The van der Waals surface area contributed by atoms with Crippen molar-refractivity contribution in [3.8, 4) is 17.3 Å². The van der Waals surface area contributed by atoms with E-state index in [9.17, 15) is 13.7 Å². The first-order chi connectivity index (χ1) is 14.4. The van der Waals surface area contributed by atoms with E-state index in [1.165, 1.54) is 30.3 Å². The quantitative estimate of drug-likeness (QED) is 0.360. The monoisotopic (exact) mass is 452 g/mol. The Balaban J connectivity index is 1.94. The molecule has 0 unspecified atom stereocenters. The molecule has 1 N–H and O–H groups in total. The minimum Gasteiger partial charge on any atom is -0.354 e. The number of nitrogens with zero attached hydrogens (tertiary/aromatic N) is 1. The normalized spacial score (nSPS) is 12.1. The summed E-state index contributed by atoms with van der Waals surface area (Å²) in [7, 11) is -4.01. The van der Waals surface area contributed by atoms with Gasteiger partial charge in [0, 0.05) is 26.5 Å². The summed E-state index contributed by atoms with van der Waals surface area (Å²) in [5.74, 6) is 0. The number of sulfone groups is 1. The highest BCUT2D eigenvalue weighted by atomic mass is 35.5. The Morgan fingerprint density at radius 3 is 2.13 bits per heavy atom. The molecule has 4 aromatic rings. The number of nitrogens with one attached hydrogen (secondary N) is 1. The number of aromatic nitrogens is 1. The van der Waals surface area contributed by atoms with Crippen molar-refractivity contribution in [3.05, 3.63) is 93.3 Å². The van der Waals surface area contributed by atoms with Gasteiger partial charge in [0.1, 0.15) is 11.0 Å². The Morgan fingerprint density at radius 2 is 1.50 bits per heavy atom. The van der Waals surface area contributed by atoms with Gasteiger partial charge in [-0.1, -0.05) is 53.5 Å². The van der Waals surface area contributed by atoms with Crippen LogP contribution in [0.1, 0.15) is 5.56 Å². The molecule has 0 fully saturated rings. The van der Waals surface area contributed by atoms with Crippen LogP contribution in [0, 0.1) is 11.3 Å². The lowest BCUT2D eigenvalue weighted by molar-refractivity contribution is 0.603. The highest BCUT2D eigenvalue weighted by Crippen LogP contribution is 2.34. The number of rotatable bonds is 4. The summed E-state index contributed by atoms with van der Waals surface area (Å²) in [5, 5.41) is 11.5. The fraction of sp³-hybridized carbons (Fsp3) is 0. The molecule has 0 saturated heterocycles. The average Bonchev–Trinajstić information content (AvgIpc) is 3.11. The number of nitriles is 1. The summed E-state index contributed by atoms with van der Waals surface area (Å²) in [5.41, 5.74) is 2.96. The van der Waals surface area contributed by atoms with Crippen LogP contribution in [-0.2, 0) is 9.84 Å². The Labute approximate surface area is 183 Å². The lowest BCUT2D eigenvalue weighted by Gasteiger charge is -2.05. The van der Waals surface area contributed by atoms with Gasteiger partial charge in [0.15, 0.2) is 0 Å². The first-order valence-corrected chi connectivity index (χ1v) is 11.1. The fourth-order valence-electron chi connectivity index (χ4n) is 3.20. The van der Waals surface area contributed by atoms with E-state index in [0.29, 0.717) is 21.3 Å². The number of halogens is 2. The molecule has 0 bridgehead atoms. The van der Waals surface area contributed by atoms with Crippen LogP contribution in [0.25, 0.3) is 28.2 Å². The molecule has 0 amide bonds. The predicted molar refractivity (Wildman–Crippen MR) is 121 cm³/mol. The van der Waals surface area contributed by atoms with Crippen molar-refractivity contribution in [1.29, 1.82) is 5.26 Å². The molecule has 1 heterocycles. The molecule has 0 spiro atoms. The van der Waals surface area contributed by atoms with E-state index < -0.39 is 9.84 Å². The largest absolute Gasteiger partial charge is 0.354 e. The third-order valence-electron chi connectivity index (χ3n) is 4.68. The molecule has 0 aliphatic rings. The third-order valence-corrected chi connectivity index (χ3v) is 6.86. The summed E-state index contributed by atoms with van der Waals surface area (Å²) >= 11 is 11.9. The van der Waals surface area contributed by atoms with E-state index in [-0.39, 0.29) is 9.80 Å². The van der Waals surface area contributed by atoms with E-state index in [1.807, 2.05) is 42.5 Å². The van der Waals surface area contributed by atoms with Gasteiger partial charge in [0.2, 0.25) is 9.84 Å². The third kappa shape index (κ3) is 3.73. The minimum atomic E-state index is -4.01. The number of aromatic amines is 1. The number of hydrogen-bond donors (Lipinski definition) is 1. The van der Waals surface area contributed by atoms with Crippen molar-refractivity contribution >= 4 is 50.0 Å². The van der Waals surface area contributed by atoms with Crippen LogP contribution in [0.3, 0.4) is 0 Å². The number of para-hydroxylation sites is 1. The van der Waals surface area contributed by atoms with Crippen LogP contribution in [0.15, 0.2) is 82.6 Å². The fourth-order valence-corrected chi connectivity index (χ4v) is 4.59. The second-order valence-corrected chi connectivity index (χ2v) is 9.33. The molecule has 4 rings (SSSR count). The van der Waals surface area contributed by atoms with Crippen LogP contribution in [0.2, 0.25) is 10.0 Å². The summed E-state index contributed by atoms with van der Waals surface area (Å²) in [6.45, 7) is 0. The number of H-pyrrole nitrogens is 1. The minimum absolute atomic E-state index is 0.00702. The highest BCUT2D eigenvalue weighted by Gasteiger charge is 2.22. The Kier molecular flexibility index (Phi) is 5.40. The van der Waals surface area contributed by atoms with Crippen molar-refractivity contribution in [2.45, 2.75) is 4.90 Å². The van der Waals surface area contributed by atoms with Crippen molar-refractivity contribution in [2.24, 2.45) is 0 Å². The molecule has 0 atom stereocenters. The first-order valence-electron chi connectivity index (χ1n) is 8.89. The molecule has 148 valence electrons. The van der Waals surface area contributed by atoms with Gasteiger partial charge in [-0.25, -0.2) is 8.42 Å². The standard InChI is InChI=1S/C23H14Cl2N2O2S/c24-16-7-5-15(6-8-16)23-21(20-3-1-2-4-22(20)27-23)13-19(14-26)30(28,29)18-11-9-17(25)10-12-18/h1-13,27H/b19-13+. The summed E-state index contributed by atoms with van der Waals surface area (Å²) < 4.78 is 26.1. The molecule has 3 aromatic carbocycles. The van der Waals surface area contributed by atoms with Crippen LogP contribution in [-0.4, -0.2) is 13.4 Å². The van der Waals surface area contributed by atoms with Crippen LogP contribution in [0.4, 0.5) is 0 Å². The SMILES string of the molecule is N#C/C(=C\c1c(-c2ccc(Cl)cc2)[nH]c2ccccc12)S(=O)(=O)c1ccc(Cl)cc1. The molecule has 0 aliphatic heterocycles. The summed E-state index contributed by atoms with van der Waals surface area (Å²) in [4.78, 5) is 2.97. The molecular weight excluding hydrogens is 439 g/mol. The predicted octanol–water partition coefficient (Wildman–Crippen LogP) is 6.48. The van der Waals surface area contributed by atoms with Crippen LogP contribution in [0.5, 0.6) is 0 Å². The van der Waals surface area contributed by atoms with Crippen molar-refractivity contribution in [2.75, 3.05) is 0 Å². The Hall–Kier alpha value is -3.04. The smallest absolute Gasteiger partial charge is 0.216 e. The van der Waals surface area contributed by atoms with Gasteiger partial charge in [0.25, 0.3) is 0 Å². The van der Waals surface area contributed by atoms with E-state index in [1.54, 1.807) is 12.1 Å². The summed E-state index contributed by atoms with van der Waals surface area (Å²) in [6, 6.07) is 22.3. The van der Waals surface area contributed by atoms with Crippen LogP contribution >= 0.6 is 23.2 Å². The Morgan fingerprint density at radius 1 is 0.900 bits per heavy atom. The van der Waals surface area contributed by atoms with Crippen molar-refractivity contribution in [1.82, 2.24) is 4.98 Å². The second kappa shape index (κ2) is 8.00. The molecular formula is C23H14Cl2N2O2S. The van der Waals surface area contributed by atoms with Gasteiger partial charge in [-0.05, 0) is 54.1 Å². The van der Waals surface area contributed by atoms with Gasteiger partial charge < -0.3 is 4.98 Å². The van der Waals surface area contributed by atoms with Crippen molar-refractivity contribution in [3.63, 3.8) is 0 Å². The van der Waals surface area contributed by atoms with Gasteiger partial charge in [-0.3, -0.25) is 0 Å². The number of allylic oxidation sites excluding steroid dienone is 1. The number of hydrogen-bond acceptors (Lipinski definition) is 3. The van der Waals surface area contributed by atoms with Crippen LogP contribution < -0.4 is 0 Å². The zero-order valence-electron chi connectivity index (χ0n) is 15.4. The average molecular weight is 453 g/mol. The summed E-state index contributed by atoms with van der Waals surface area (Å²) in [6.07, 6.45) is 1.41. The number of fused-ring (bicyclic) bond motifs is 1. The second-order valence-electron chi connectivity index (χ2n) is 6.54. The lowest BCUT2D eigenvalue weighted by Crippen LogP contribution is -2.03. The van der Waals surface area contributed by atoms with E-state index >= 15 is 0 Å². The topological polar surface area (TPSA) is 73.7 Å². The van der Waals surface area contributed by atoms with Crippen molar-refractivity contribution < 1.29 is 8.42 Å². The molecule has 4 nitrogen and oxygen atoms in total. The van der Waals surface area contributed by atoms with E-state index in [0.717, 1.165) is 16.5 Å². The first kappa shape index (κ1) is 20.2. The van der Waals surface area contributed by atoms with Gasteiger partial charge >= 0.3 is 0 Å².